The summed E-state index contributed by atoms with van der Waals surface area (Å²) in [7, 11) is 0. The third-order valence-electron chi connectivity index (χ3n) is 12.8. The maximum absolute atomic E-state index is 13.5. The van der Waals surface area contributed by atoms with Crippen LogP contribution in [0, 0.1) is 33.5 Å². The van der Waals surface area contributed by atoms with E-state index in [1.54, 1.807) is 18.2 Å². The Morgan fingerprint density at radius 1 is 0.963 bits per heavy atom. The lowest BCUT2D eigenvalue weighted by molar-refractivity contribution is -0.164. The molecule has 7 rings (SSSR count). The molecular formula is C41H49ClN6O6. The van der Waals surface area contributed by atoms with Crippen LogP contribution in [0.2, 0.25) is 5.02 Å². The van der Waals surface area contributed by atoms with Gasteiger partial charge in [-0.05, 0) is 87.5 Å². The topological polar surface area (TPSA) is 152 Å². The minimum atomic E-state index is -0.886. The molecule has 54 heavy (non-hydrogen) atoms. The standard InChI is InChI=1S/C41H49ClN6O6/c1-39(2)36(40(3,4)37(39)54-29-10-7-27(23-43)30(42)21-29)45-34(51)26-5-8-28(9-6-26)47-17-13-25(14-18-47)24-46-19-15-41(16-20-46)22-33(50)48(38(41)53)31-11-12-32(49)44-35(31)52/h5-10,21,25,31,36-37H,11-20,22,24H2,1-4H3,(H,45,51)(H,44,49,52)/t31-,36?,37?/m1/s1. The van der Waals surface area contributed by atoms with Crippen LogP contribution in [0.25, 0.3) is 0 Å². The first-order valence-corrected chi connectivity index (χ1v) is 19.5. The lowest BCUT2D eigenvalue weighted by atomic mass is 9.49. The van der Waals surface area contributed by atoms with Gasteiger partial charge in [-0.2, -0.15) is 5.26 Å². The molecule has 1 atom stereocenters. The summed E-state index contributed by atoms with van der Waals surface area (Å²) in [5.74, 6) is -0.477. The number of hydrogen-bond acceptors (Lipinski definition) is 9. The van der Waals surface area contributed by atoms with Gasteiger partial charge in [-0.15, -0.1) is 0 Å². The molecule has 286 valence electrons. The van der Waals surface area contributed by atoms with E-state index in [4.69, 9.17) is 16.3 Å². The van der Waals surface area contributed by atoms with Crippen LogP contribution in [-0.2, 0) is 19.2 Å². The maximum atomic E-state index is 13.5. The minimum Gasteiger partial charge on any atom is -0.489 e. The van der Waals surface area contributed by atoms with Crippen molar-refractivity contribution in [3.05, 3.63) is 58.6 Å². The largest absolute Gasteiger partial charge is 0.489 e. The van der Waals surface area contributed by atoms with Crippen LogP contribution in [0.5, 0.6) is 5.75 Å². The van der Waals surface area contributed by atoms with E-state index in [1.165, 1.54) is 0 Å². The predicted octanol–water partition coefficient (Wildman–Crippen LogP) is 4.69. The van der Waals surface area contributed by atoms with Gasteiger partial charge in [0.2, 0.25) is 23.6 Å². The van der Waals surface area contributed by atoms with Gasteiger partial charge < -0.3 is 19.9 Å². The van der Waals surface area contributed by atoms with Gasteiger partial charge in [0.05, 0.1) is 16.0 Å². The second kappa shape index (κ2) is 14.3. The Morgan fingerprint density at radius 2 is 1.63 bits per heavy atom. The number of carbonyl (C=O) groups is 5. The molecule has 2 N–H and O–H groups in total. The van der Waals surface area contributed by atoms with Crippen LogP contribution in [0.4, 0.5) is 5.69 Å². The fourth-order valence-corrected chi connectivity index (χ4v) is 10.2. The molecule has 1 aliphatic carbocycles. The Bertz CT molecular complexity index is 1870. The van der Waals surface area contributed by atoms with Gasteiger partial charge in [-0.25, -0.2) is 0 Å². The molecule has 1 spiro atoms. The number of halogens is 1. The van der Waals surface area contributed by atoms with Crippen molar-refractivity contribution >= 4 is 46.8 Å². The first kappa shape index (κ1) is 37.8. The van der Waals surface area contributed by atoms with Gasteiger partial charge in [0.25, 0.3) is 5.91 Å². The quantitative estimate of drug-likeness (QED) is 0.366. The zero-order valence-electron chi connectivity index (χ0n) is 31.5. The number of amides is 5. The zero-order valence-corrected chi connectivity index (χ0v) is 32.2. The second-order valence-corrected chi connectivity index (χ2v) is 17.5. The van der Waals surface area contributed by atoms with E-state index in [0.717, 1.165) is 56.2 Å². The highest BCUT2D eigenvalue weighted by molar-refractivity contribution is 6.31. The van der Waals surface area contributed by atoms with Gasteiger partial charge >= 0.3 is 0 Å². The number of nitrogens with zero attached hydrogens (tertiary/aromatic N) is 4. The van der Waals surface area contributed by atoms with E-state index in [9.17, 15) is 29.2 Å². The monoisotopic (exact) mass is 756 g/mol. The minimum absolute atomic E-state index is 0.123. The maximum Gasteiger partial charge on any atom is 0.251 e. The summed E-state index contributed by atoms with van der Waals surface area (Å²) in [5, 5.41) is 15.1. The summed E-state index contributed by atoms with van der Waals surface area (Å²) >= 11 is 6.24. The number of anilines is 1. The average molecular weight is 757 g/mol. The van der Waals surface area contributed by atoms with Crippen molar-refractivity contribution < 1.29 is 28.7 Å². The summed E-state index contributed by atoms with van der Waals surface area (Å²) in [6.07, 6.45) is 3.54. The van der Waals surface area contributed by atoms with Crippen molar-refractivity contribution in [2.75, 3.05) is 37.6 Å². The SMILES string of the molecule is CC1(C)C(NC(=O)c2ccc(N3CCC(CN4CCC5(CC4)CC(=O)N([C@@H]4CCC(=O)NC4=O)C5=O)CC3)cc2)C(C)(C)C1Oc1ccc(C#N)c(Cl)c1. The second-order valence-electron chi connectivity index (χ2n) is 17.1. The first-order chi connectivity index (χ1) is 25.6. The van der Waals surface area contributed by atoms with Crippen molar-refractivity contribution in [1.29, 1.82) is 5.26 Å². The van der Waals surface area contributed by atoms with E-state index in [-0.39, 0.29) is 65.9 Å². The fourth-order valence-electron chi connectivity index (χ4n) is 9.99. The van der Waals surface area contributed by atoms with Crippen LogP contribution in [0.1, 0.15) is 88.6 Å². The number of carbonyl (C=O) groups excluding carboxylic acids is 5. The molecular weight excluding hydrogens is 708 g/mol. The van der Waals surface area contributed by atoms with Gasteiger partial charge in [-0.1, -0.05) is 39.3 Å². The van der Waals surface area contributed by atoms with Crippen LogP contribution >= 0.6 is 11.6 Å². The van der Waals surface area contributed by atoms with Gasteiger partial charge in [-0.3, -0.25) is 34.2 Å². The van der Waals surface area contributed by atoms with Crippen molar-refractivity contribution in [1.82, 2.24) is 20.4 Å². The number of nitriles is 1. The molecule has 1 saturated carbocycles. The summed E-state index contributed by atoms with van der Waals surface area (Å²) in [4.78, 5) is 69.9. The number of benzene rings is 2. The van der Waals surface area contributed by atoms with Gasteiger partial charge in [0.15, 0.2) is 0 Å². The first-order valence-electron chi connectivity index (χ1n) is 19.1. The molecule has 12 nitrogen and oxygen atoms in total. The number of rotatable bonds is 8. The molecule has 2 aromatic rings. The van der Waals surface area contributed by atoms with E-state index in [1.807, 2.05) is 24.3 Å². The van der Waals surface area contributed by atoms with Crippen LogP contribution in [0.3, 0.4) is 0 Å². The Kier molecular flexibility index (Phi) is 10.0. The number of likely N-dealkylation sites (tertiary alicyclic amines) is 2. The predicted molar refractivity (Wildman–Crippen MR) is 202 cm³/mol. The lowest BCUT2D eigenvalue weighted by Crippen LogP contribution is -2.74. The fraction of sp³-hybridized carbons (Fsp3) is 0.561. The molecule has 13 heteroatoms. The molecule has 0 bridgehead atoms. The summed E-state index contributed by atoms with van der Waals surface area (Å²) < 4.78 is 6.37. The van der Waals surface area contributed by atoms with E-state index in [2.05, 4.69) is 54.2 Å². The molecule has 5 aliphatic rings. The van der Waals surface area contributed by atoms with Crippen LogP contribution in [0.15, 0.2) is 42.5 Å². The Morgan fingerprint density at radius 3 is 2.24 bits per heavy atom. The molecule has 4 aliphatic heterocycles. The third-order valence-corrected chi connectivity index (χ3v) is 13.1. The number of imide groups is 2. The van der Waals surface area contributed by atoms with E-state index < -0.39 is 17.4 Å². The van der Waals surface area contributed by atoms with Crippen molar-refractivity contribution in [3.63, 3.8) is 0 Å². The van der Waals surface area contributed by atoms with Crippen LogP contribution in [-0.4, -0.2) is 90.2 Å². The molecule has 5 fully saturated rings. The molecule has 0 unspecified atom stereocenters. The highest BCUT2D eigenvalue weighted by atomic mass is 35.5. The number of nitrogens with one attached hydrogen (secondary N) is 2. The van der Waals surface area contributed by atoms with Crippen molar-refractivity contribution in [3.8, 4) is 11.8 Å². The molecule has 0 aromatic heterocycles. The zero-order chi connectivity index (χ0) is 38.6. The lowest BCUT2D eigenvalue weighted by Gasteiger charge is -2.63. The summed E-state index contributed by atoms with van der Waals surface area (Å²) in [5.41, 5.74) is 0.637. The van der Waals surface area contributed by atoms with Crippen molar-refractivity contribution in [2.24, 2.45) is 22.2 Å². The molecule has 2 aromatic carbocycles. The Labute approximate surface area is 321 Å². The van der Waals surface area contributed by atoms with Crippen LogP contribution < -0.4 is 20.3 Å². The average Bonchev–Trinajstić information content (AvgIpc) is 3.38. The van der Waals surface area contributed by atoms with Crippen molar-refractivity contribution in [2.45, 2.75) is 90.8 Å². The highest BCUT2D eigenvalue weighted by Gasteiger charge is 2.64. The smallest absolute Gasteiger partial charge is 0.251 e. The number of piperidine rings is 3. The normalized spacial score (nSPS) is 26.6. The summed E-state index contributed by atoms with van der Waals surface area (Å²) in [6, 6.07) is 14.0. The number of ether oxygens (including phenoxy) is 1. The number of hydrogen-bond donors (Lipinski definition) is 2. The third kappa shape index (κ3) is 6.85. The van der Waals surface area contributed by atoms with Gasteiger partial charge in [0.1, 0.15) is 24.0 Å². The summed E-state index contributed by atoms with van der Waals surface area (Å²) in [6.45, 7) is 12.6. The van der Waals surface area contributed by atoms with E-state index >= 15 is 0 Å². The van der Waals surface area contributed by atoms with Gasteiger partial charge in [0, 0.05) is 66.7 Å². The van der Waals surface area contributed by atoms with E-state index in [0.29, 0.717) is 40.7 Å². The molecule has 5 amide bonds. The highest BCUT2D eigenvalue weighted by Crippen LogP contribution is 2.55. The molecule has 4 heterocycles. The Balaban J connectivity index is 0.870. The Hall–Kier alpha value is -4.47. The molecule has 0 radical (unpaired) electrons. The molecule has 4 saturated heterocycles.